The predicted octanol–water partition coefficient (Wildman–Crippen LogP) is -0.703. The largest absolute Gasteiger partial charge is 0.459 e. The van der Waals surface area contributed by atoms with Gasteiger partial charge in [-0.1, -0.05) is 0 Å². The van der Waals surface area contributed by atoms with E-state index in [1.807, 2.05) is 0 Å². The molecule has 0 spiro atoms. The van der Waals surface area contributed by atoms with Crippen molar-refractivity contribution in [3.05, 3.63) is 30.5 Å². The summed E-state index contributed by atoms with van der Waals surface area (Å²) in [5.41, 5.74) is 0. The van der Waals surface area contributed by atoms with E-state index < -0.39 is 0 Å². The van der Waals surface area contributed by atoms with Gasteiger partial charge in [0.2, 0.25) is 5.91 Å². The number of amides is 2. The van der Waals surface area contributed by atoms with Gasteiger partial charge in [0.1, 0.15) is 6.54 Å². The molecule has 3 heterocycles. The molecule has 21 heavy (non-hydrogen) atoms. The Morgan fingerprint density at radius 3 is 3.10 bits per heavy atom. The number of likely N-dealkylation sites (tertiary alicyclic amines) is 1. The molecular weight excluding hydrogens is 276 g/mol. The maximum Gasteiger partial charge on any atom is 0.287 e. The fourth-order valence-corrected chi connectivity index (χ4v) is 2.25. The minimum Gasteiger partial charge on any atom is -0.459 e. The Bertz CT molecular complexity index is 609. The quantitative estimate of drug-likeness (QED) is 0.798. The molecule has 110 valence electrons. The third-order valence-electron chi connectivity index (χ3n) is 3.29. The maximum atomic E-state index is 12.0. The Morgan fingerprint density at radius 2 is 2.38 bits per heavy atom. The number of aromatic nitrogens is 4. The molecule has 2 amide bonds. The summed E-state index contributed by atoms with van der Waals surface area (Å²) in [5, 5.41) is 13.8. The van der Waals surface area contributed by atoms with E-state index in [9.17, 15) is 9.59 Å². The average Bonchev–Trinajstić information content (AvgIpc) is 3.21. The van der Waals surface area contributed by atoms with Gasteiger partial charge in [-0.3, -0.25) is 9.59 Å². The van der Waals surface area contributed by atoms with E-state index in [2.05, 4.69) is 20.7 Å². The topological polar surface area (TPSA) is 106 Å². The van der Waals surface area contributed by atoms with Crippen molar-refractivity contribution >= 4 is 11.8 Å². The van der Waals surface area contributed by atoms with E-state index in [0.29, 0.717) is 19.5 Å². The molecule has 0 aromatic carbocycles. The lowest BCUT2D eigenvalue weighted by molar-refractivity contribution is -0.131. The molecule has 9 heteroatoms. The van der Waals surface area contributed by atoms with Crippen molar-refractivity contribution < 1.29 is 14.0 Å². The molecule has 1 fully saturated rings. The van der Waals surface area contributed by atoms with Crippen LogP contribution in [-0.4, -0.2) is 56.1 Å². The zero-order valence-corrected chi connectivity index (χ0v) is 11.2. The number of carbonyl (C=O) groups excluding carboxylic acids is 2. The molecule has 0 saturated carbocycles. The summed E-state index contributed by atoms with van der Waals surface area (Å²) < 4.78 is 5.03. The normalized spacial score (nSPS) is 17.9. The van der Waals surface area contributed by atoms with Gasteiger partial charge >= 0.3 is 0 Å². The van der Waals surface area contributed by atoms with Crippen LogP contribution >= 0.6 is 0 Å². The van der Waals surface area contributed by atoms with E-state index >= 15 is 0 Å². The molecule has 9 nitrogen and oxygen atoms in total. The molecule has 1 aliphatic rings. The first kappa shape index (κ1) is 13.3. The second-order valence-corrected chi connectivity index (χ2v) is 4.74. The molecule has 1 saturated heterocycles. The summed E-state index contributed by atoms with van der Waals surface area (Å²) >= 11 is 0. The van der Waals surface area contributed by atoms with Gasteiger partial charge in [-0.15, -0.1) is 10.2 Å². The average molecular weight is 290 g/mol. The van der Waals surface area contributed by atoms with Crippen LogP contribution in [0, 0.1) is 0 Å². The Morgan fingerprint density at radius 1 is 1.48 bits per heavy atom. The molecule has 0 radical (unpaired) electrons. The van der Waals surface area contributed by atoms with Gasteiger partial charge in [0.25, 0.3) is 5.91 Å². The highest BCUT2D eigenvalue weighted by Gasteiger charge is 2.28. The summed E-state index contributed by atoms with van der Waals surface area (Å²) in [6.07, 6.45) is 3.44. The lowest BCUT2D eigenvalue weighted by Crippen LogP contribution is -2.39. The lowest BCUT2D eigenvalue weighted by atomic mass is 10.2. The summed E-state index contributed by atoms with van der Waals surface area (Å²) in [5.74, 6) is -0.0911. The van der Waals surface area contributed by atoms with Gasteiger partial charge in [0, 0.05) is 19.1 Å². The number of carbonyl (C=O) groups is 2. The third kappa shape index (κ3) is 3.07. The van der Waals surface area contributed by atoms with Crippen molar-refractivity contribution in [1.82, 2.24) is 30.4 Å². The van der Waals surface area contributed by atoms with Crippen molar-refractivity contribution in [2.45, 2.75) is 19.0 Å². The molecule has 2 aromatic rings. The van der Waals surface area contributed by atoms with E-state index in [1.165, 1.54) is 17.4 Å². The standard InChI is InChI=1S/C12H14N6O3/c19-11(7-18-14-8-13-16-18)17-4-3-9(6-17)15-12(20)10-2-1-5-21-10/h1-2,5,8-9H,3-4,6-7H2,(H,15,20)/t9-/m0/s1. The number of nitrogens with zero attached hydrogens (tertiary/aromatic N) is 5. The van der Waals surface area contributed by atoms with Crippen molar-refractivity contribution in [3.63, 3.8) is 0 Å². The van der Waals surface area contributed by atoms with Crippen molar-refractivity contribution in [3.8, 4) is 0 Å². The van der Waals surface area contributed by atoms with Crippen LogP contribution < -0.4 is 5.32 Å². The minimum atomic E-state index is -0.266. The van der Waals surface area contributed by atoms with Gasteiger partial charge < -0.3 is 14.6 Å². The highest BCUT2D eigenvalue weighted by atomic mass is 16.3. The number of hydrogen-bond donors (Lipinski definition) is 1. The molecule has 1 aliphatic heterocycles. The molecule has 0 unspecified atom stereocenters. The van der Waals surface area contributed by atoms with E-state index in [1.54, 1.807) is 17.0 Å². The first-order chi connectivity index (χ1) is 10.2. The van der Waals surface area contributed by atoms with Crippen LogP contribution in [0.1, 0.15) is 17.0 Å². The van der Waals surface area contributed by atoms with Gasteiger partial charge in [0.05, 0.1) is 6.26 Å². The van der Waals surface area contributed by atoms with Gasteiger partial charge in [0.15, 0.2) is 12.1 Å². The smallest absolute Gasteiger partial charge is 0.287 e. The first-order valence-electron chi connectivity index (χ1n) is 6.55. The molecule has 0 bridgehead atoms. The Kier molecular flexibility index (Phi) is 3.63. The van der Waals surface area contributed by atoms with Gasteiger partial charge in [-0.2, -0.15) is 4.80 Å². The fourth-order valence-electron chi connectivity index (χ4n) is 2.25. The van der Waals surface area contributed by atoms with Crippen molar-refractivity contribution in [2.24, 2.45) is 0 Å². The zero-order valence-electron chi connectivity index (χ0n) is 11.2. The number of furan rings is 1. The molecule has 1 atom stereocenters. The zero-order chi connectivity index (χ0) is 14.7. The monoisotopic (exact) mass is 290 g/mol. The van der Waals surface area contributed by atoms with E-state index in [4.69, 9.17) is 4.42 Å². The van der Waals surface area contributed by atoms with Crippen LogP contribution in [0.15, 0.2) is 29.1 Å². The van der Waals surface area contributed by atoms with Crippen LogP contribution in [0.2, 0.25) is 0 Å². The second kappa shape index (κ2) is 5.73. The highest BCUT2D eigenvalue weighted by molar-refractivity contribution is 5.91. The number of hydrogen-bond acceptors (Lipinski definition) is 6. The highest BCUT2D eigenvalue weighted by Crippen LogP contribution is 2.11. The number of nitrogens with one attached hydrogen (secondary N) is 1. The second-order valence-electron chi connectivity index (χ2n) is 4.74. The SMILES string of the molecule is O=C(N[C@H]1CCN(C(=O)Cn2ncnn2)C1)c1ccco1. The van der Waals surface area contributed by atoms with Gasteiger partial charge in [-0.05, 0) is 23.8 Å². The van der Waals surface area contributed by atoms with Crippen LogP contribution in [-0.2, 0) is 11.3 Å². The molecular formula is C12H14N6O3. The molecule has 3 rings (SSSR count). The summed E-state index contributed by atoms with van der Waals surface area (Å²) in [6, 6.07) is 3.18. The number of tetrazole rings is 1. The maximum absolute atomic E-state index is 12.0. The summed E-state index contributed by atoms with van der Waals surface area (Å²) in [7, 11) is 0. The van der Waals surface area contributed by atoms with E-state index in [-0.39, 0.29) is 30.2 Å². The van der Waals surface area contributed by atoms with Gasteiger partial charge in [-0.25, -0.2) is 0 Å². The van der Waals surface area contributed by atoms with E-state index in [0.717, 1.165) is 0 Å². The number of rotatable bonds is 4. The lowest BCUT2D eigenvalue weighted by Gasteiger charge is -2.16. The summed E-state index contributed by atoms with van der Waals surface area (Å²) in [4.78, 5) is 26.8. The Labute approximate surface area is 119 Å². The Balaban J connectivity index is 1.51. The van der Waals surface area contributed by atoms with Crippen molar-refractivity contribution in [1.29, 1.82) is 0 Å². The first-order valence-corrected chi connectivity index (χ1v) is 6.55. The van der Waals surface area contributed by atoms with Crippen LogP contribution in [0.25, 0.3) is 0 Å². The van der Waals surface area contributed by atoms with Crippen molar-refractivity contribution in [2.75, 3.05) is 13.1 Å². The third-order valence-corrected chi connectivity index (χ3v) is 3.29. The van der Waals surface area contributed by atoms with Crippen LogP contribution in [0.5, 0.6) is 0 Å². The molecule has 2 aromatic heterocycles. The Hall–Kier alpha value is -2.71. The molecule has 0 aliphatic carbocycles. The van der Waals surface area contributed by atoms with Crippen LogP contribution in [0.4, 0.5) is 0 Å². The predicted molar refractivity (Wildman–Crippen MR) is 69.0 cm³/mol. The minimum absolute atomic E-state index is 0.0544. The summed E-state index contributed by atoms with van der Waals surface area (Å²) in [6.45, 7) is 1.12. The molecule has 1 N–H and O–H groups in total. The van der Waals surface area contributed by atoms with Crippen LogP contribution in [0.3, 0.4) is 0 Å². The fraction of sp³-hybridized carbons (Fsp3) is 0.417.